The maximum Gasteiger partial charge on any atom is 0.487 e. The molecule has 0 amide bonds. The van der Waals surface area contributed by atoms with E-state index in [9.17, 15) is 0 Å². The number of rotatable bonds is 2. The Kier molecular flexibility index (Phi) is 3.53. The van der Waals surface area contributed by atoms with E-state index in [2.05, 4.69) is 6.07 Å². The fraction of sp³-hybridized carbons (Fsp3) is 0.400. The summed E-state index contributed by atoms with van der Waals surface area (Å²) in [5.74, 6) is 1.88. The second-order valence-electron chi connectivity index (χ2n) is 5.72. The summed E-state index contributed by atoms with van der Waals surface area (Å²) in [7, 11) is -0.351. The Morgan fingerprint density at radius 2 is 1.79 bits per heavy atom. The highest BCUT2D eigenvalue weighted by atomic mass is 16.7. The molecule has 0 saturated carbocycles. The highest BCUT2D eigenvalue weighted by Gasteiger charge is 2.49. The van der Waals surface area contributed by atoms with Crippen LogP contribution in [0, 0.1) is 11.3 Å². The van der Waals surface area contributed by atoms with E-state index in [4.69, 9.17) is 14.6 Å². The number of hydrogen-bond donors (Lipinski definition) is 0. The third-order valence-corrected chi connectivity index (χ3v) is 3.73. The zero-order chi connectivity index (χ0) is 14.1. The van der Waals surface area contributed by atoms with Crippen LogP contribution in [0.15, 0.2) is 30.2 Å². The maximum absolute atomic E-state index is 8.86. The molecular weight excluding hydrogens is 237 g/mol. The molecule has 1 aromatic carbocycles. The lowest BCUT2D eigenvalue weighted by Gasteiger charge is -2.32. The van der Waals surface area contributed by atoms with Crippen LogP contribution in [-0.4, -0.2) is 18.3 Å². The van der Waals surface area contributed by atoms with E-state index in [0.29, 0.717) is 5.56 Å². The standard InChI is InChI=1S/C15H18BNO2/c1-14(2)15(3,4)19-16(18-14)9-8-12-6-5-7-13(10-12)11-17/h5-10H,1-4H3. The minimum Gasteiger partial charge on any atom is -0.400 e. The molecule has 2 rings (SSSR count). The zero-order valence-corrected chi connectivity index (χ0v) is 11.8. The molecule has 0 radical (unpaired) electrons. The molecule has 0 atom stereocenters. The Hall–Kier alpha value is -1.57. The summed E-state index contributed by atoms with van der Waals surface area (Å²) in [5.41, 5.74) is 0.970. The number of nitriles is 1. The van der Waals surface area contributed by atoms with Crippen LogP contribution in [0.4, 0.5) is 0 Å². The van der Waals surface area contributed by atoms with Crippen molar-refractivity contribution >= 4 is 13.2 Å². The van der Waals surface area contributed by atoms with Gasteiger partial charge in [0.2, 0.25) is 0 Å². The van der Waals surface area contributed by atoms with Crippen LogP contribution in [0.1, 0.15) is 38.8 Å². The molecule has 0 aromatic heterocycles. The Morgan fingerprint density at radius 3 is 2.37 bits per heavy atom. The molecule has 98 valence electrons. The van der Waals surface area contributed by atoms with Crippen molar-refractivity contribution in [1.82, 2.24) is 0 Å². The van der Waals surface area contributed by atoms with E-state index in [1.165, 1.54) is 0 Å². The van der Waals surface area contributed by atoms with E-state index >= 15 is 0 Å². The quantitative estimate of drug-likeness (QED) is 0.762. The molecule has 0 aliphatic carbocycles. The minimum atomic E-state index is -0.351. The van der Waals surface area contributed by atoms with Crippen molar-refractivity contribution in [3.05, 3.63) is 41.4 Å². The Balaban J connectivity index is 2.11. The van der Waals surface area contributed by atoms with E-state index < -0.39 is 0 Å². The molecule has 1 aromatic rings. The van der Waals surface area contributed by atoms with Gasteiger partial charge in [0.1, 0.15) is 0 Å². The number of benzene rings is 1. The summed E-state index contributed by atoms with van der Waals surface area (Å²) in [6, 6.07) is 9.55. The third kappa shape index (κ3) is 2.89. The second kappa shape index (κ2) is 4.84. The lowest BCUT2D eigenvalue weighted by atomic mass is 9.89. The van der Waals surface area contributed by atoms with Crippen molar-refractivity contribution in [3.8, 4) is 6.07 Å². The average Bonchev–Trinajstić information content (AvgIpc) is 2.56. The van der Waals surface area contributed by atoms with Gasteiger partial charge in [0.25, 0.3) is 0 Å². The molecule has 1 saturated heterocycles. The predicted octanol–water partition coefficient (Wildman–Crippen LogP) is 3.20. The summed E-state index contributed by atoms with van der Waals surface area (Å²) in [6.07, 6.45) is 1.92. The normalized spacial score (nSPS) is 20.7. The van der Waals surface area contributed by atoms with Gasteiger partial charge in [0.05, 0.1) is 22.8 Å². The third-order valence-electron chi connectivity index (χ3n) is 3.73. The van der Waals surface area contributed by atoms with Crippen molar-refractivity contribution < 1.29 is 9.31 Å². The molecule has 1 aliphatic heterocycles. The summed E-state index contributed by atoms with van der Waals surface area (Å²) in [4.78, 5) is 0. The van der Waals surface area contributed by atoms with Crippen molar-refractivity contribution in [2.45, 2.75) is 38.9 Å². The van der Waals surface area contributed by atoms with Crippen molar-refractivity contribution in [2.75, 3.05) is 0 Å². The van der Waals surface area contributed by atoms with Crippen molar-refractivity contribution in [3.63, 3.8) is 0 Å². The SMILES string of the molecule is CC1(C)OB(C=Cc2cccc(C#N)c2)OC1(C)C. The van der Waals surface area contributed by atoms with E-state index in [1.807, 2.05) is 57.9 Å². The summed E-state index contributed by atoms with van der Waals surface area (Å²) in [6.45, 7) is 8.10. The molecule has 0 unspecified atom stereocenters. The summed E-state index contributed by atoms with van der Waals surface area (Å²) < 4.78 is 11.7. The van der Waals surface area contributed by atoms with Gasteiger partial charge in [-0.25, -0.2) is 0 Å². The smallest absolute Gasteiger partial charge is 0.400 e. The molecule has 1 aliphatic rings. The molecule has 0 N–H and O–H groups in total. The van der Waals surface area contributed by atoms with Crippen molar-refractivity contribution in [1.29, 1.82) is 5.26 Å². The lowest BCUT2D eigenvalue weighted by Crippen LogP contribution is -2.41. The largest absolute Gasteiger partial charge is 0.487 e. The maximum atomic E-state index is 8.86. The molecular formula is C15H18BNO2. The van der Waals surface area contributed by atoms with Crippen LogP contribution in [0.25, 0.3) is 6.08 Å². The van der Waals surface area contributed by atoms with Crippen molar-refractivity contribution in [2.24, 2.45) is 0 Å². The minimum absolute atomic E-state index is 0.323. The molecule has 1 fully saturated rings. The van der Waals surface area contributed by atoms with Gasteiger partial charge in [-0.3, -0.25) is 0 Å². The van der Waals surface area contributed by atoms with E-state index in [-0.39, 0.29) is 18.3 Å². The fourth-order valence-corrected chi connectivity index (χ4v) is 1.87. The van der Waals surface area contributed by atoms with Crippen LogP contribution < -0.4 is 0 Å². The molecule has 0 bridgehead atoms. The van der Waals surface area contributed by atoms with Crippen LogP contribution in [0.5, 0.6) is 0 Å². The van der Waals surface area contributed by atoms with Crippen LogP contribution >= 0.6 is 0 Å². The molecule has 3 nitrogen and oxygen atoms in total. The van der Waals surface area contributed by atoms with Gasteiger partial charge >= 0.3 is 7.12 Å². The first kappa shape index (κ1) is 13.9. The van der Waals surface area contributed by atoms with Gasteiger partial charge in [-0.1, -0.05) is 24.2 Å². The van der Waals surface area contributed by atoms with Crippen LogP contribution in [0.2, 0.25) is 0 Å². The van der Waals surface area contributed by atoms with E-state index in [0.717, 1.165) is 5.56 Å². The van der Waals surface area contributed by atoms with Gasteiger partial charge in [-0.15, -0.1) is 0 Å². The van der Waals surface area contributed by atoms with Crippen LogP contribution in [-0.2, 0) is 9.31 Å². The topological polar surface area (TPSA) is 42.2 Å². The number of hydrogen-bond acceptors (Lipinski definition) is 3. The molecule has 19 heavy (non-hydrogen) atoms. The lowest BCUT2D eigenvalue weighted by molar-refractivity contribution is 0.00578. The Bertz CT molecular complexity index is 527. The molecule has 4 heteroatoms. The monoisotopic (exact) mass is 255 g/mol. The van der Waals surface area contributed by atoms with Gasteiger partial charge < -0.3 is 9.31 Å². The molecule has 0 spiro atoms. The molecule has 1 heterocycles. The van der Waals surface area contributed by atoms with Crippen LogP contribution in [0.3, 0.4) is 0 Å². The summed E-state index contributed by atoms with van der Waals surface area (Å²) >= 11 is 0. The Labute approximate surface area is 115 Å². The predicted molar refractivity (Wildman–Crippen MR) is 76.3 cm³/mol. The fourth-order valence-electron chi connectivity index (χ4n) is 1.87. The number of nitrogens with zero attached hydrogens (tertiary/aromatic N) is 1. The average molecular weight is 255 g/mol. The highest BCUT2D eigenvalue weighted by molar-refractivity contribution is 6.52. The zero-order valence-electron chi connectivity index (χ0n) is 11.8. The first-order chi connectivity index (χ1) is 8.84. The Morgan fingerprint density at radius 1 is 1.16 bits per heavy atom. The first-order valence-electron chi connectivity index (χ1n) is 6.38. The summed E-state index contributed by atoms with van der Waals surface area (Å²) in [5, 5.41) is 8.86. The first-order valence-corrected chi connectivity index (χ1v) is 6.38. The van der Waals surface area contributed by atoms with Gasteiger partial charge in [-0.05, 0) is 45.4 Å². The van der Waals surface area contributed by atoms with E-state index in [1.54, 1.807) is 6.07 Å². The second-order valence-corrected chi connectivity index (χ2v) is 5.72. The van der Waals surface area contributed by atoms with Gasteiger partial charge in [-0.2, -0.15) is 5.26 Å². The highest BCUT2D eigenvalue weighted by Crippen LogP contribution is 2.36. The van der Waals surface area contributed by atoms with Gasteiger partial charge in [0.15, 0.2) is 0 Å². The van der Waals surface area contributed by atoms with Gasteiger partial charge in [0, 0.05) is 0 Å².